The first-order chi connectivity index (χ1) is 13.1. The van der Waals surface area contributed by atoms with Gasteiger partial charge in [0, 0.05) is 17.3 Å². The van der Waals surface area contributed by atoms with Crippen LogP contribution in [0.25, 0.3) is 0 Å². The standard InChI is InChI=1S/C21H22ClN3O2/c22-16-8-4-9-17(14-16)24-21(27)19-11-5-10-18(25-19)20(26)23-13-12-15-6-2-1-3-7-15/h4-6,8-11,14H,1-3,7,12-13H2,(H,23,26)(H,24,27). The summed E-state index contributed by atoms with van der Waals surface area (Å²) in [6.45, 7) is 0.575. The van der Waals surface area contributed by atoms with Crippen molar-refractivity contribution < 1.29 is 9.59 Å². The largest absolute Gasteiger partial charge is 0.350 e. The Bertz CT molecular complexity index is 864. The fourth-order valence-corrected chi connectivity index (χ4v) is 3.20. The summed E-state index contributed by atoms with van der Waals surface area (Å²) in [5, 5.41) is 6.13. The molecule has 2 amide bonds. The third-order valence-corrected chi connectivity index (χ3v) is 4.65. The number of carbonyl (C=O) groups excluding carboxylic acids is 2. The Balaban J connectivity index is 1.58. The van der Waals surface area contributed by atoms with Crippen LogP contribution in [0, 0.1) is 0 Å². The summed E-state index contributed by atoms with van der Waals surface area (Å²) >= 11 is 5.92. The fraction of sp³-hybridized carbons (Fsp3) is 0.286. The number of nitrogens with one attached hydrogen (secondary N) is 2. The molecule has 140 valence electrons. The number of benzene rings is 1. The van der Waals surface area contributed by atoms with E-state index in [9.17, 15) is 9.59 Å². The van der Waals surface area contributed by atoms with E-state index in [-0.39, 0.29) is 23.2 Å². The second-order valence-electron chi connectivity index (χ2n) is 6.49. The molecule has 2 aromatic rings. The molecule has 27 heavy (non-hydrogen) atoms. The molecule has 3 rings (SSSR count). The van der Waals surface area contributed by atoms with Gasteiger partial charge >= 0.3 is 0 Å². The third kappa shape index (κ3) is 5.66. The number of anilines is 1. The van der Waals surface area contributed by atoms with E-state index in [0.29, 0.717) is 17.3 Å². The molecule has 6 heteroatoms. The highest BCUT2D eigenvalue weighted by Crippen LogP contribution is 2.19. The van der Waals surface area contributed by atoms with E-state index in [0.717, 1.165) is 19.3 Å². The van der Waals surface area contributed by atoms with Gasteiger partial charge in [0.15, 0.2) is 0 Å². The van der Waals surface area contributed by atoms with Crippen molar-refractivity contribution in [1.29, 1.82) is 0 Å². The molecule has 1 aromatic carbocycles. The van der Waals surface area contributed by atoms with Crippen molar-refractivity contribution >= 4 is 29.1 Å². The Hall–Kier alpha value is -2.66. The lowest BCUT2D eigenvalue weighted by atomic mass is 9.97. The van der Waals surface area contributed by atoms with Gasteiger partial charge < -0.3 is 10.6 Å². The smallest absolute Gasteiger partial charge is 0.274 e. The summed E-state index contributed by atoms with van der Waals surface area (Å²) in [6, 6.07) is 11.7. The normalized spacial score (nSPS) is 13.6. The van der Waals surface area contributed by atoms with Crippen LogP contribution in [0.5, 0.6) is 0 Å². The zero-order chi connectivity index (χ0) is 19.1. The number of aromatic nitrogens is 1. The molecule has 0 radical (unpaired) electrons. The van der Waals surface area contributed by atoms with Gasteiger partial charge in [-0.2, -0.15) is 0 Å². The topological polar surface area (TPSA) is 71.1 Å². The minimum atomic E-state index is -0.390. The first kappa shape index (κ1) is 19.1. The number of hydrogen-bond donors (Lipinski definition) is 2. The SMILES string of the molecule is O=C(NCCC1=CCCCC1)c1cccc(C(=O)Nc2cccc(Cl)c2)n1. The maximum Gasteiger partial charge on any atom is 0.274 e. The molecule has 1 heterocycles. The first-order valence-corrected chi connectivity index (χ1v) is 9.50. The van der Waals surface area contributed by atoms with Crippen LogP contribution in [-0.4, -0.2) is 23.3 Å². The van der Waals surface area contributed by atoms with Crippen molar-refractivity contribution in [2.24, 2.45) is 0 Å². The van der Waals surface area contributed by atoms with Crippen molar-refractivity contribution in [2.75, 3.05) is 11.9 Å². The number of amides is 2. The van der Waals surface area contributed by atoms with Crippen molar-refractivity contribution in [3.63, 3.8) is 0 Å². The molecule has 5 nitrogen and oxygen atoms in total. The number of hydrogen-bond acceptors (Lipinski definition) is 3. The highest BCUT2D eigenvalue weighted by atomic mass is 35.5. The van der Waals surface area contributed by atoms with Gasteiger partial charge in [-0.1, -0.05) is 35.4 Å². The molecular weight excluding hydrogens is 362 g/mol. The van der Waals surface area contributed by atoms with E-state index in [4.69, 9.17) is 11.6 Å². The van der Waals surface area contributed by atoms with E-state index in [2.05, 4.69) is 21.7 Å². The summed E-state index contributed by atoms with van der Waals surface area (Å²) in [4.78, 5) is 28.9. The van der Waals surface area contributed by atoms with Gasteiger partial charge in [-0.15, -0.1) is 0 Å². The summed E-state index contributed by atoms with van der Waals surface area (Å²) in [6.07, 6.45) is 7.87. The minimum absolute atomic E-state index is 0.178. The maximum absolute atomic E-state index is 12.4. The van der Waals surface area contributed by atoms with Gasteiger partial charge in [0.2, 0.25) is 0 Å². The van der Waals surface area contributed by atoms with E-state index in [1.165, 1.54) is 18.4 Å². The zero-order valence-corrected chi connectivity index (χ0v) is 15.8. The van der Waals surface area contributed by atoms with Crippen LogP contribution >= 0.6 is 11.6 Å². The molecule has 2 N–H and O–H groups in total. The number of nitrogens with zero attached hydrogens (tertiary/aromatic N) is 1. The van der Waals surface area contributed by atoms with Crippen LogP contribution in [0.1, 0.15) is 53.1 Å². The van der Waals surface area contributed by atoms with Crippen LogP contribution in [0.15, 0.2) is 54.1 Å². The molecule has 0 atom stereocenters. The Morgan fingerprint density at radius 3 is 2.56 bits per heavy atom. The number of halogens is 1. The molecule has 1 aliphatic rings. The number of rotatable bonds is 6. The highest BCUT2D eigenvalue weighted by Gasteiger charge is 2.13. The predicted octanol–water partition coefficient (Wildman–Crippen LogP) is 4.61. The van der Waals surface area contributed by atoms with E-state index >= 15 is 0 Å². The van der Waals surface area contributed by atoms with Crippen molar-refractivity contribution in [1.82, 2.24) is 10.3 Å². The number of pyridine rings is 1. The molecule has 0 fully saturated rings. The summed E-state index contributed by atoms with van der Waals surface area (Å²) in [5.41, 5.74) is 2.39. The molecule has 1 aliphatic carbocycles. The minimum Gasteiger partial charge on any atom is -0.350 e. The van der Waals surface area contributed by atoms with Gasteiger partial charge in [-0.3, -0.25) is 9.59 Å². The zero-order valence-electron chi connectivity index (χ0n) is 15.0. The number of allylic oxidation sites excluding steroid dienone is 1. The van der Waals surface area contributed by atoms with Crippen LogP contribution in [0.2, 0.25) is 5.02 Å². The Morgan fingerprint density at radius 1 is 1.04 bits per heavy atom. The van der Waals surface area contributed by atoms with E-state index in [1.54, 1.807) is 42.5 Å². The summed E-state index contributed by atoms with van der Waals surface area (Å²) in [7, 11) is 0. The molecule has 0 unspecified atom stereocenters. The van der Waals surface area contributed by atoms with E-state index < -0.39 is 0 Å². The van der Waals surface area contributed by atoms with Gasteiger partial charge in [-0.25, -0.2) is 4.98 Å². The monoisotopic (exact) mass is 383 g/mol. The van der Waals surface area contributed by atoms with Crippen LogP contribution in [-0.2, 0) is 0 Å². The summed E-state index contributed by atoms with van der Waals surface area (Å²) < 4.78 is 0. The van der Waals surface area contributed by atoms with Gasteiger partial charge in [0.1, 0.15) is 11.4 Å². The van der Waals surface area contributed by atoms with Crippen molar-refractivity contribution in [3.05, 3.63) is 70.5 Å². The molecule has 0 aliphatic heterocycles. The van der Waals surface area contributed by atoms with Crippen molar-refractivity contribution in [2.45, 2.75) is 32.1 Å². The maximum atomic E-state index is 12.4. The molecule has 0 saturated heterocycles. The third-order valence-electron chi connectivity index (χ3n) is 4.41. The molecule has 0 bridgehead atoms. The number of carbonyl (C=O) groups is 2. The first-order valence-electron chi connectivity index (χ1n) is 9.12. The van der Waals surface area contributed by atoms with Gasteiger partial charge in [-0.05, 0) is 62.4 Å². The Labute approximate surface area is 163 Å². The lowest BCUT2D eigenvalue weighted by molar-refractivity contribution is 0.0949. The van der Waals surface area contributed by atoms with Crippen LogP contribution in [0.4, 0.5) is 5.69 Å². The second-order valence-corrected chi connectivity index (χ2v) is 6.92. The quantitative estimate of drug-likeness (QED) is 0.715. The van der Waals surface area contributed by atoms with E-state index in [1.807, 2.05) is 0 Å². The van der Waals surface area contributed by atoms with Gasteiger partial charge in [0.25, 0.3) is 11.8 Å². The van der Waals surface area contributed by atoms with Crippen LogP contribution in [0.3, 0.4) is 0 Å². The van der Waals surface area contributed by atoms with Gasteiger partial charge in [0.05, 0.1) is 0 Å². The van der Waals surface area contributed by atoms with Crippen molar-refractivity contribution in [3.8, 4) is 0 Å². The molecular formula is C21H22ClN3O2. The molecule has 0 saturated carbocycles. The highest BCUT2D eigenvalue weighted by molar-refractivity contribution is 6.30. The lowest BCUT2D eigenvalue weighted by Crippen LogP contribution is -2.26. The summed E-state index contributed by atoms with van der Waals surface area (Å²) in [5.74, 6) is -0.664. The average Bonchev–Trinajstić information content (AvgIpc) is 2.69. The predicted molar refractivity (Wildman–Crippen MR) is 107 cm³/mol. The lowest BCUT2D eigenvalue weighted by Gasteiger charge is -2.13. The van der Waals surface area contributed by atoms with Crippen LogP contribution < -0.4 is 10.6 Å². The molecule has 1 aromatic heterocycles. The second kappa shape index (κ2) is 9.33. The average molecular weight is 384 g/mol. The molecule has 0 spiro atoms. The fourth-order valence-electron chi connectivity index (χ4n) is 3.01. The Morgan fingerprint density at radius 2 is 1.81 bits per heavy atom. The Kier molecular flexibility index (Phi) is 6.60.